The maximum Gasteiger partial charge on any atom is 0.233 e. The number of benzene rings is 3. The van der Waals surface area contributed by atoms with Crippen molar-refractivity contribution in [2.24, 2.45) is 0 Å². The van der Waals surface area contributed by atoms with Crippen molar-refractivity contribution in [1.29, 1.82) is 0 Å². The fraction of sp³-hybridized carbons (Fsp3) is 0. The van der Waals surface area contributed by atoms with Gasteiger partial charge < -0.3 is 0 Å². The molecule has 0 spiro atoms. The summed E-state index contributed by atoms with van der Waals surface area (Å²) in [6, 6.07) is 20.5. The summed E-state index contributed by atoms with van der Waals surface area (Å²) in [6.07, 6.45) is 1.05. The number of fused-ring (bicyclic) bond motifs is 1. The molecule has 0 bridgehead atoms. The third kappa shape index (κ3) is 2.78. The smallest absolute Gasteiger partial charge is 0.216 e. The van der Waals surface area contributed by atoms with Crippen LogP contribution < -0.4 is 0 Å². The second-order valence-electron chi connectivity index (χ2n) is 4.87. The Hall–Kier alpha value is -2.46. The van der Waals surface area contributed by atoms with Crippen molar-refractivity contribution in [3.05, 3.63) is 83.5 Å². The van der Waals surface area contributed by atoms with Gasteiger partial charge in [-0.05, 0) is 40.6 Å². The van der Waals surface area contributed by atoms with Crippen molar-refractivity contribution in [3.8, 4) is 0 Å². The highest BCUT2D eigenvalue weighted by molar-refractivity contribution is 7.95. The van der Waals surface area contributed by atoms with E-state index >= 15 is 0 Å². The summed E-state index contributed by atoms with van der Waals surface area (Å²) in [5, 5.41) is 0.793. The van der Waals surface area contributed by atoms with Gasteiger partial charge in [-0.3, -0.25) is 0 Å². The predicted molar refractivity (Wildman–Crippen MR) is 86.7 cm³/mol. The SMILES string of the molecule is O=S(=O)(/C(F)=C\c1ccc2ccccc2c1)c1ccccc1. The molecule has 0 aliphatic carbocycles. The van der Waals surface area contributed by atoms with Gasteiger partial charge in [0.15, 0.2) is 0 Å². The van der Waals surface area contributed by atoms with Crippen LogP contribution in [0.1, 0.15) is 5.56 Å². The molecule has 0 N–H and O–H groups in total. The Morgan fingerprint density at radius 1 is 0.818 bits per heavy atom. The lowest BCUT2D eigenvalue weighted by atomic mass is 10.1. The van der Waals surface area contributed by atoms with Gasteiger partial charge in [0.2, 0.25) is 15.0 Å². The molecule has 0 atom stereocenters. The molecule has 3 rings (SSSR count). The monoisotopic (exact) mass is 312 g/mol. The summed E-state index contributed by atoms with van der Waals surface area (Å²) < 4.78 is 38.5. The maximum absolute atomic E-state index is 14.2. The van der Waals surface area contributed by atoms with E-state index in [2.05, 4.69) is 0 Å². The van der Waals surface area contributed by atoms with E-state index in [-0.39, 0.29) is 4.90 Å². The van der Waals surface area contributed by atoms with Crippen molar-refractivity contribution >= 4 is 26.7 Å². The molecule has 3 aromatic rings. The number of hydrogen-bond donors (Lipinski definition) is 0. The Labute approximate surface area is 128 Å². The molecule has 2 nitrogen and oxygen atoms in total. The number of rotatable bonds is 3. The van der Waals surface area contributed by atoms with Gasteiger partial charge in [-0.25, -0.2) is 8.42 Å². The lowest BCUT2D eigenvalue weighted by Crippen LogP contribution is -2.00. The predicted octanol–water partition coefficient (Wildman–Crippen LogP) is 4.58. The third-order valence-electron chi connectivity index (χ3n) is 3.36. The van der Waals surface area contributed by atoms with E-state index in [1.165, 1.54) is 12.1 Å². The van der Waals surface area contributed by atoms with Gasteiger partial charge >= 0.3 is 0 Å². The Kier molecular flexibility index (Phi) is 3.77. The van der Waals surface area contributed by atoms with E-state index in [9.17, 15) is 12.8 Å². The number of halogens is 1. The lowest BCUT2D eigenvalue weighted by Gasteiger charge is -2.03. The molecule has 0 heterocycles. The summed E-state index contributed by atoms with van der Waals surface area (Å²) in [5.41, 5.74) is 0.510. The van der Waals surface area contributed by atoms with E-state index < -0.39 is 15.0 Å². The normalized spacial score (nSPS) is 12.5. The standard InChI is InChI=1S/C18H13FO2S/c19-18(22(20,21)17-8-2-1-3-9-17)13-14-10-11-15-6-4-5-7-16(15)12-14/h1-13H/b18-13-. The largest absolute Gasteiger partial charge is 0.233 e. The quantitative estimate of drug-likeness (QED) is 0.709. The van der Waals surface area contributed by atoms with Crippen molar-refractivity contribution in [2.45, 2.75) is 4.90 Å². The molecule has 0 aliphatic heterocycles. The molecule has 0 saturated carbocycles. The number of sulfone groups is 1. The van der Waals surface area contributed by atoms with Crippen LogP contribution in [0.5, 0.6) is 0 Å². The highest BCUT2D eigenvalue weighted by Gasteiger charge is 2.20. The molecule has 3 aromatic carbocycles. The molecular weight excluding hydrogens is 299 g/mol. The van der Waals surface area contributed by atoms with Gasteiger partial charge in [-0.15, -0.1) is 0 Å². The lowest BCUT2D eigenvalue weighted by molar-refractivity contribution is 0.579. The minimum atomic E-state index is -4.10. The fourth-order valence-corrected chi connectivity index (χ4v) is 3.25. The third-order valence-corrected chi connectivity index (χ3v) is 4.89. The van der Waals surface area contributed by atoms with Crippen molar-refractivity contribution in [1.82, 2.24) is 0 Å². The summed E-state index contributed by atoms with van der Waals surface area (Å²) >= 11 is 0. The van der Waals surface area contributed by atoms with Crippen LogP contribution in [-0.2, 0) is 9.84 Å². The van der Waals surface area contributed by atoms with E-state index in [0.717, 1.165) is 16.8 Å². The highest BCUT2D eigenvalue weighted by Crippen LogP contribution is 2.24. The first-order chi connectivity index (χ1) is 10.6. The van der Waals surface area contributed by atoms with Gasteiger partial charge in [0, 0.05) is 0 Å². The molecule has 0 amide bonds. The average molecular weight is 312 g/mol. The van der Waals surface area contributed by atoms with Crippen LogP contribution in [-0.4, -0.2) is 8.42 Å². The van der Waals surface area contributed by atoms with Crippen molar-refractivity contribution < 1.29 is 12.8 Å². The zero-order chi connectivity index (χ0) is 15.6. The molecule has 0 aliphatic rings. The first-order valence-electron chi connectivity index (χ1n) is 6.73. The summed E-state index contributed by atoms with van der Waals surface area (Å²) in [6.45, 7) is 0. The van der Waals surface area contributed by atoms with Gasteiger partial charge in [0.05, 0.1) is 4.90 Å². The van der Waals surface area contributed by atoms with E-state index in [4.69, 9.17) is 0 Å². The topological polar surface area (TPSA) is 34.1 Å². The molecule has 0 unspecified atom stereocenters. The summed E-state index contributed by atoms with van der Waals surface area (Å²) in [4.78, 5) is -0.0514. The van der Waals surface area contributed by atoms with Crippen molar-refractivity contribution in [3.63, 3.8) is 0 Å². The second kappa shape index (κ2) is 5.73. The zero-order valence-electron chi connectivity index (χ0n) is 11.6. The van der Waals surface area contributed by atoms with E-state index in [1.54, 1.807) is 30.3 Å². The van der Waals surface area contributed by atoms with Crippen LogP contribution >= 0.6 is 0 Å². The maximum atomic E-state index is 14.2. The van der Waals surface area contributed by atoms with Crippen LogP contribution in [0.15, 0.2) is 82.9 Å². The van der Waals surface area contributed by atoms with Crippen LogP contribution in [0, 0.1) is 0 Å². The Balaban J connectivity index is 2.03. The zero-order valence-corrected chi connectivity index (χ0v) is 12.4. The molecule has 22 heavy (non-hydrogen) atoms. The molecular formula is C18H13FO2S. The second-order valence-corrected chi connectivity index (χ2v) is 6.74. The van der Waals surface area contributed by atoms with Crippen molar-refractivity contribution in [2.75, 3.05) is 0 Å². The molecule has 0 aromatic heterocycles. The average Bonchev–Trinajstić information content (AvgIpc) is 2.55. The van der Waals surface area contributed by atoms with Gasteiger partial charge in [-0.1, -0.05) is 54.6 Å². The van der Waals surface area contributed by atoms with Crippen LogP contribution in [0.2, 0.25) is 0 Å². The van der Waals surface area contributed by atoms with Gasteiger partial charge in [-0.2, -0.15) is 4.39 Å². The molecule has 4 heteroatoms. The first-order valence-corrected chi connectivity index (χ1v) is 8.22. The van der Waals surface area contributed by atoms with E-state index in [0.29, 0.717) is 5.56 Å². The van der Waals surface area contributed by atoms with Crippen LogP contribution in [0.3, 0.4) is 0 Å². The molecule has 110 valence electrons. The van der Waals surface area contributed by atoms with Crippen LogP contribution in [0.4, 0.5) is 4.39 Å². The highest BCUT2D eigenvalue weighted by atomic mass is 32.2. The number of hydrogen-bond acceptors (Lipinski definition) is 2. The minimum absolute atomic E-state index is 0.0514. The Morgan fingerprint density at radius 2 is 1.45 bits per heavy atom. The molecule has 0 saturated heterocycles. The Morgan fingerprint density at radius 3 is 2.18 bits per heavy atom. The molecule has 0 fully saturated rings. The summed E-state index contributed by atoms with van der Waals surface area (Å²) in [7, 11) is -4.10. The Bertz CT molecular complexity index is 945. The van der Waals surface area contributed by atoms with E-state index in [1.807, 2.05) is 30.3 Å². The van der Waals surface area contributed by atoms with Crippen LogP contribution in [0.25, 0.3) is 16.8 Å². The van der Waals surface area contributed by atoms with Gasteiger partial charge in [0.1, 0.15) is 0 Å². The van der Waals surface area contributed by atoms with Gasteiger partial charge in [0.25, 0.3) is 0 Å². The minimum Gasteiger partial charge on any atom is -0.216 e. The summed E-state index contributed by atoms with van der Waals surface area (Å²) in [5.74, 6) is 0. The fourth-order valence-electron chi connectivity index (χ4n) is 2.22. The molecule has 0 radical (unpaired) electrons. The first kappa shape index (κ1) is 14.5.